The third kappa shape index (κ3) is 4.09. The Labute approximate surface area is 119 Å². The van der Waals surface area contributed by atoms with Crippen LogP contribution in [0.25, 0.3) is 0 Å². The summed E-state index contributed by atoms with van der Waals surface area (Å²) in [5.74, 6) is -1.09. The Hall–Kier alpha value is -2.35. The number of carbonyl (C=O) groups is 2. The van der Waals surface area contributed by atoms with Crippen molar-refractivity contribution >= 4 is 23.3 Å². The average molecular weight is 294 g/mol. The minimum absolute atomic E-state index is 0.155. The molecule has 0 spiro atoms. The molecule has 2 heterocycles. The molecule has 8 heteroatoms. The number of carbonyl (C=O) groups excluding carboxylic acids is 1. The SMILES string of the molecule is O=C(NCc1cccs1)N[C@H](Cc1cnc[nH]1)C(=O)O. The predicted molar refractivity (Wildman–Crippen MR) is 73.4 cm³/mol. The van der Waals surface area contributed by atoms with Gasteiger partial charge in [-0.25, -0.2) is 14.6 Å². The van der Waals surface area contributed by atoms with Gasteiger partial charge in [0.25, 0.3) is 0 Å². The van der Waals surface area contributed by atoms with Crippen molar-refractivity contribution < 1.29 is 14.7 Å². The number of hydrogen-bond acceptors (Lipinski definition) is 4. The van der Waals surface area contributed by atoms with Gasteiger partial charge >= 0.3 is 12.0 Å². The van der Waals surface area contributed by atoms with E-state index in [4.69, 9.17) is 5.11 Å². The van der Waals surface area contributed by atoms with Crippen LogP contribution in [0.15, 0.2) is 30.0 Å². The van der Waals surface area contributed by atoms with Crippen LogP contribution in [0.4, 0.5) is 4.79 Å². The Morgan fingerprint density at radius 2 is 2.35 bits per heavy atom. The van der Waals surface area contributed by atoms with Gasteiger partial charge in [-0.05, 0) is 11.4 Å². The molecule has 1 atom stereocenters. The van der Waals surface area contributed by atoms with Gasteiger partial charge in [0.05, 0.1) is 12.9 Å². The van der Waals surface area contributed by atoms with E-state index in [1.807, 2.05) is 17.5 Å². The van der Waals surface area contributed by atoms with E-state index in [9.17, 15) is 9.59 Å². The summed E-state index contributed by atoms with van der Waals surface area (Å²) in [7, 11) is 0. The number of nitrogens with zero attached hydrogens (tertiary/aromatic N) is 1. The van der Waals surface area contributed by atoms with Crippen molar-refractivity contribution in [3.8, 4) is 0 Å². The second-order valence-corrected chi connectivity index (χ2v) is 5.11. The van der Waals surface area contributed by atoms with E-state index in [1.165, 1.54) is 23.9 Å². The summed E-state index contributed by atoms with van der Waals surface area (Å²) < 4.78 is 0. The van der Waals surface area contributed by atoms with Gasteiger partial charge < -0.3 is 20.7 Å². The predicted octanol–water partition coefficient (Wildman–Crippen LogP) is 0.966. The first-order chi connectivity index (χ1) is 9.65. The molecule has 2 rings (SSSR count). The van der Waals surface area contributed by atoms with Gasteiger partial charge in [0.2, 0.25) is 0 Å². The molecule has 0 saturated heterocycles. The molecule has 0 aliphatic heterocycles. The summed E-state index contributed by atoms with van der Waals surface area (Å²) in [6, 6.07) is 2.27. The molecule has 0 aliphatic rings. The highest BCUT2D eigenvalue weighted by molar-refractivity contribution is 7.09. The molecule has 0 fully saturated rings. The lowest BCUT2D eigenvalue weighted by molar-refractivity contribution is -0.139. The maximum Gasteiger partial charge on any atom is 0.326 e. The number of aromatic amines is 1. The number of nitrogens with one attached hydrogen (secondary N) is 3. The van der Waals surface area contributed by atoms with E-state index in [1.54, 1.807) is 0 Å². The number of thiophene rings is 1. The fraction of sp³-hybridized carbons (Fsp3) is 0.250. The van der Waals surface area contributed by atoms with Gasteiger partial charge in [0.15, 0.2) is 0 Å². The molecule has 0 radical (unpaired) electrons. The van der Waals surface area contributed by atoms with Gasteiger partial charge in [-0.3, -0.25) is 0 Å². The molecule has 2 aromatic heterocycles. The van der Waals surface area contributed by atoms with Crippen LogP contribution in [0.3, 0.4) is 0 Å². The topological polar surface area (TPSA) is 107 Å². The number of aliphatic carboxylic acids is 1. The smallest absolute Gasteiger partial charge is 0.326 e. The number of H-pyrrole nitrogens is 1. The molecular weight excluding hydrogens is 280 g/mol. The third-order valence-electron chi connectivity index (χ3n) is 2.59. The summed E-state index contributed by atoms with van der Waals surface area (Å²) in [6.45, 7) is 0.375. The Morgan fingerprint density at radius 1 is 1.50 bits per heavy atom. The summed E-state index contributed by atoms with van der Waals surface area (Å²) in [5.41, 5.74) is 0.649. The fourth-order valence-corrected chi connectivity index (χ4v) is 2.25. The number of carboxylic acid groups (broad SMARTS) is 1. The maximum atomic E-state index is 11.7. The normalized spacial score (nSPS) is 11.8. The second kappa shape index (κ2) is 6.71. The van der Waals surface area contributed by atoms with Crippen LogP contribution in [-0.2, 0) is 17.8 Å². The van der Waals surface area contributed by atoms with Crippen LogP contribution >= 0.6 is 11.3 Å². The molecule has 7 nitrogen and oxygen atoms in total. The number of urea groups is 1. The van der Waals surface area contributed by atoms with Crippen molar-refractivity contribution in [1.82, 2.24) is 20.6 Å². The van der Waals surface area contributed by atoms with Crippen LogP contribution in [0, 0.1) is 0 Å². The van der Waals surface area contributed by atoms with Gasteiger partial charge in [0.1, 0.15) is 6.04 Å². The number of imidazole rings is 1. The standard InChI is InChI=1S/C12H14N4O3S/c17-11(18)10(4-8-5-13-7-15-8)16-12(19)14-6-9-2-1-3-20-9/h1-3,5,7,10H,4,6H2,(H,13,15)(H,17,18)(H2,14,16,19)/t10-/m1/s1. The van der Waals surface area contributed by atoms with Gasteiger partial charge in [0, 0.05) is 23.2 Å². The van der Waals surface area contributed by atoms with Crippen LogP contribution in [0.5, 0.6) is 0 Å². The number of amides is 2. The van der Waals surface area contributed by atoms with Crippen LogP contribution in [0.2, 0.25) is 0 Å². The van der Waals surface area contributed by atoms with Gasteiger partial charge in [-0.2, -0.15) is 0 Å². The average Bonchev–Trinajstić information content (AvgIpc) is 3.08. The number of hydrogen-bond donors (Lipinski definition) is 4. The second-order valence-electron chi connectivity index (χ2n) is 4.08. The monoisotopic (exact) mass is 294 g/mol. The number of carboxylic acids is 1. The van der Waals surface area contributed by atoms with E-state index in [0.717, 1.165) is 4.88 Å². The van der Waals surface area contributed by atoms with Crippen molar-refractivity contribution in [3.63, 3.8) is 0 Å². The van der Waals surface area contributed by atoms with E-state index in [2.05, 4.69) is 20.6 Å². The third-order valence-corrected chi connectivity index (χ3v) is 3.46. The largest absolute Gasteiger partial charge is 0.480 e. The molecule has 0 saturated carbocycles. The van der Waals surface area contributed by atoms with Crippen LogP contribution < -0.4 is 10.6 Å². The highest BCUT2D eigenvalue weighted by Crippen LogP contribution is 2.07. The molecular formula is C12H14N4O3S. The zero-order valence-electron chi connectivity index (χ0n) is 10.5. The summed E-state index contributed by atoms with van der Waals surface area (Å²) in [5, 5.41) is 16.1. The highest BCUT2D eigenvalue weighted by Gasteiger charge is 2.20. The zero-order valence-corrected chi connectivity index (χ0v) is 11.3. The van der Waals surface area contributed by atoms with Gasteiger partial charge in [-0.15, -0.1) is 11.3 Å². The van der Waals surface area contributed by atoms with Crippen molar-refractivity contribution in [3.05, 3.63) is 40.6 Å². The summed E-state index contributed by atoms with van der Waals surface area (Å²) in [4.78, 5) is 30.4. The lowest BCUT2D eigenvalue weighted by Crippen LogP contribution is -2.46. The van der Waals surface area contributed by atoms with Crippen molar-refractivity contribution in [2.24, 2.45) is 0 Å². The van der Waals surface area contributed by atoms with E-state index >= 15 is 0 Å². The van der Waals surface area contributed by atoms with Crippen LogP contribution in [-0.4, -0.2) is 33.1 Å². The van der Waals surface area contributed by atoms with Crippen molar-refractivity contribution in [2.75, 3.05) is 0 Å². The Morgan fingerprint density at radius 3 is 2.95 bits per heavy atom. The molecule has 20 heavy (non-hydrogen) atoms. The molecule has 0 bridgehead atoms. The lowest BCUT2D eigenvalue weighted by atomic mass is 10.2. The Bertz CT molecular complexity index is 553. The first-order valence-electron chi connectivity index (χ1n) is 5.92. The highest BCUT2D eigenvalue weighted by atomic mass is 32.1. The fourth-order valence-electron chi connectivity index (χ4n) is 1.61. The minimum Gasteiger partial charge on any atom is -0.480 e. The molecule has 0 aromatic carbocycles. The molecule has 2 amide bonds. The van der Waals surface area contributed by atoms with Crippen molar-refractivity contribution in [2.45, 2.75) is 19.0 Å². The molecule has 0 aliphatic carbocycles. The van der Waals surface area contributed by atoms with E-state index in [-0.39, 0.29) is 6.42 Å². The number of rotatable bonds is 6. The molecule has 0 unspecified atom stereocenters. The zero-order chi connectivity index (χ0) is 14.4. The molecule has 4 N–H and O–H groups in total. The summed E-state index contributed by atoms with van der Waals surface area (Å²) in [6.07, 6.45) is 3.15. The number of aromatic nitrogens is 2. The van der Waals surface area contributed by atoms with Crippen molar-refractivity contribution in [1.29, 1.82) is 0 Å². The maximum absolute atomic E-state index is 11.7. The van der Waals surface area contributed by atoms with E-state index in [0.29, 0.717) is 12.2 Å². The quantitative estimate of drug-likeness (QED) is 0.636. The minimum atomic E-state index is -1.09. The Kier molecular flexibility index (Phi) is 4.72. The van der Waals surface area contributed by atoms with Crippen LogP contribution in [0.1, 0.15) is 10.6 Å². The Balaban J connectivity index is 1.84. The first-order valence-corrected chi connectivity index (χ1v) is 6.80. The first kappa shape index (κ1) is 14.1. The molecule has 2 aromatic rings. The summed E-state index contributed by atoms with van der Waals surface area (Å²) >= 11 is 1.52. The van der Waals surface area contributed by atoms with Gasteiger partial charge in [-0.1, -0.05) is 6.07 Å². The lowest BCUT2D eigenvalue weighted by Gasteiger charge is -2.14. The molecule has 106 valence electrons. The van der Waals surface area contributed by atoms with E-state index < -0.39 is 18.0 Å².